The van der Waals surface area contributed by atoms with Gasteiger partial charge < -0.3 is 27.1 Å². The SMILES string of the molecule is Nc1ccnc(CSC2=C(C(=O)O)N3C(=O)C(NC(=O)/C(=N/O)c4nc(N)sc4Cl)[C@H]3SC2)n1. The van der Waals surface area contributed by atoms with E-state index in [9.17, 15) is 24.7 Å². The van der Waals surface area contributed by atoms with Crippen LogP contribution < -0.4 is 16.8 Å². The number of anilines is 2. The van der Waals surface area contributed by atoms with Gasteiger partial charge in [0.15, 0.2) is 10.8 Å². The average molecular weight is 543 g/mol. The summed E-state index contributed by atoms with van der Waals surface area (Å²) in [6.07, 6.45) is 1.50. The second-order valence-electron chi connectivity index (χ2n) is 6.75. The summed E-state index contributed by atoms with van der Waals surface area (Å²) in [6, 6.07) is 0.497. The van der Waals surface area contributed by atoms with Crippen LogP contribution in [-0.4, -0.2) is 70.8 Å². The summed E-state index contributed by atoms with van der Waals surface area (Å²) >= 11 is 9.33. The molecule has 0 spiro atoms. The van der Waals surface area contributed by atoms with E-state index in [-0.39, 0.29) is 32.4 Å². The van der Waals surface area contributed by atoms with Crippen molar-refractivity contribution in [3.63, 3.8) is 0 Å². The van der Waals surface area contributed by atoms with Gasteiger partial charge in [-0.25, -0.2) is 19.7 Å². The van der Waals surface area contributed by atoms with Crippen LogP contribution in [0.1, 0.15) is 11.5 Å². The maximum absolute atomic E-state index is 12.8. The first-order chi connectivity index (χ1) is 16.2. The number of amides is 2. The second kappa shape index (κ2) is 9.65. The van der Waals surface area contributed by atoms with Crippen LogP contribution in [0.3, 0.4) is 0 Å². The van der Waals surface area contributed by atoms with Crippen LogP contribution in [-0.2, 0) is 20.1 Å². The van der Waals surface area contributed by atoms with Crippen molar-refractivity contribution in [1.29, 1.82) is 0 Å². The standard InChI is InChI=1S/C17H15ClN8O5S3/c18-12-8(24-17(20)34-12)9(25-31)13(27)23-10-14(28)26-11(16(29)30)5(3-33-15(10)26)32-4-7-21-2-1-6(19)22-7/h1-2,10,15,31H,3-4H2,(H2,20,24)(H,23,27)(H,29,30)(H2,19,21,22)/b25-9+/t10?,15-/m1/s1. The first kappa shape index (κ1) is 24.1. The molecule has 0 saturated carbocycles. The Labute approximate surface area is 208 Å². The van der Waals surface area contributed by atoms with Crippen LogP contribution in [0.15, 0.2) is 28.0 Å². The number of β-lactam (4-membered cyclic amide) rings is 1. The number of nitrogen functional groups attached to an aromatic ring is 2. The lowest BCUT2D eigenvalue weighted by Crippen LogP contribution is -2.71. The Morgan fingerprint density at radius 3 is 2.76 bits per heavy atom. The lowest BCUT2D eigenvalue weighted by atomic mass is 10.0. The Hall–Kier alpha value is -3.08. The Morgan fingerprint density at radius 1 is 1.38 bits per heavy atom. The number of rotatable bonds is 7. The fraction of sp³-hybridized carbons (Fsp3) is 0.235. The molecule has 2 aliphatic rings. The number of hydrogen-bond donors (Lipinski definition) is 5. The van der Waals surface area contributed by atoms with Crippen LogP contribution in [0.5, 0.6) is 0 Å². The molecule has 13 nitrogen and oxygen atoms in total. The molecule has 17 heteroatoms. The van der Waals surface area contributed by atoms with Crippen LogP contribution in [0.2, 0.25) is 4.34 Å². The summed E-state index contributed by atoms with van der Waals surface area (Å²) in [7, 11) is 0. The van der Waals surface area contributed by atoms with E-state index in [0.717, 1.165) is 16.2 Å². The smallest absolute Gasteiger partial charge is 0.353 e. The van der Waals surface area contributed by atoms with Gasteiger partial charge in [0.25, 0.3) is 11.8 Å². The van der Waals surface area contributed by atoms with E-state index in [1.165, 1.54) is 35.8 Å². The number of fused-ring (bicyclic) bond motifs is 1. The zero-order valence-electron chi connectivity index (χ0n) is 16.8. The molecule has 4 rings (SSSR count). The number of oxime groups is 1. The van der Waals surface area contributed by atoms with Gasteiger partial charge in [-0.05, 0) is 6.07 Å². The molecule has 0 aromatic carbocycles. The molecule has 2 aromatic rings. The number of halogens is 1. The zero-order chi connectivity index (χ0) is 24.6. The van der Waals surface area contributed by atoms with Crippen molar-refractivity contribution in [3.8, 4) is 0 Å². The molecule has 2 amide bonds. The lowest BCUT2D eigenvalue weighted by Gasteiger charge is -2.49. The topological polar surface area (TPSA) is 210 Å². The van der Waals surface area contributed by atoms with Gasteiger partial charge >= 0.3 is 5.97 Å². The number of carboxylic acids is 1. The van der Waals surface area contributed by atoms with Gasteiger partial charge in [-0.1, -0.05) is 28.1 Å². The molecule has 2 atom stereocenters. The molecular formula is C17H15ClN8O5S3. The summed E-state index contributed by atoms with van der Waals surface area (Å²) in [6.45, 7) is 0. The van der Waals surface area contributed by atoms with Gasteiger partial charge in [-0.3, -0.25) is 14.5 Å². The molecule has 4 heterocycles. The molecule has 0 bridgehead atoms. The Bertz CT molecular complexity index is 1250. The second-order valence-corrected chi connectivity index (χ2v) is 10.6. The van der Waals surface area contributed by atoms with Crippen molar-refractivity contribution in [2.45, 2.75) is 17.2 Å². The fourth-order valence-corrected chi connectivity index (χ4v) is 6.64. The fourth-order valence-electron chi connectivity index (χ4n) is 3.21. The molecule has 1 fully saturated rings. The highest BCUT2D eigenvalue weighted by Gasteiger charge is 2.54. The highest BCUT2D eigenvalue weighted by atomic mass is 35.5. The summed E-state index contributed by atoms with van der Waals surface area (Å²) in [5.41, 5.74) is 10.4. The Morgan fingerprint density at radius 2 is 2.15 bits per heavy atom. The van der Waals surface area contributed by atoms with E-state index in [1.807, 2.05) is 0 Å². The molecule has 0 radical (unpaired) electrons. The van der Waals surface area contributed by atoms with E-state index in [2.05, 4.69) is 25.4 Å². The van der Waals surface area contributed by atoms with E-state index in [1.54, 1.807) is 0 Å². The summed E-state index contributed by atoms with van der Waals surface area (Å²) in [5, 5.41) is 23.9. The van der Waals surface area contributed by atoms with E-state index < -0.39 is 34.9 Å². The van der Waals surface area contributed by atoms with Crippen molar-refractivity contribution < 1.29 is 24.7 Å². The summed E-state index contributed by atoms with van der Waals surface area (Å²) in [4.78, 5) is 51.0. The number of thioether (sulfide) groups is 2. The largest absolute Gasteiger partial charge is 0.477 e. The third-order valence-electron chi connectivity index (χ3n) is 4.67. The van der Waals surface area contributed by atoms with Crippen LogP contribution >= 0.6 is 46.5 Å². The number of nitrogens with zero attached hydrogens (tertiary/aromatic N) is 5. The summed E-state index contributed by atoms with van der Waals surface area (Å²) in [5.74, 6) is -1.55. The first-order valence-corrected chi connectivity index (χ1v) is 12.5. The first-order valence-electron chi connectivity index (χ1n) is 9.27. The molecule has 2 aliphatic heterocycles. The number of carboxylic acid groups (broad SMARTS) is 1. The molecular weight excluding hydrogens is 528 g/mol. The van der Waals surface area contributed by atoms with Crippen molar-refractivity contribution in [3.05, 3.63) is 38.7 Å². The zero-order valence-corrected chi connectivity index (χ0v) is 20.0. The number of aromatic nitrogens is 3. The Balaban J connectivity index is 1.49. The number of nitrogens with one attached hydrogen (secondary N) is 1. The number of nitrogens with two attached hydrogens (primary N) is 2. The third kappa shape index (κ3) is 4.48. The van der Waals surface area contributed by atoms with Gasteiger partial charge in [0.2, 0.25) is 0 Å². The molecule has 34 heavy (non-hydrogen) atoms. The van der Waals surface area contributed by atoms with Crippen LogP contribution in [0.4, 0.5) is 10.9 Å². The lowest BCUT2D eigenvalue weighted by molar-refractivity contribution is -0.150. The normalized spacial score (nSPS) is 20.1. The van der Waals surface area contributed by atoms with Gasteiger partial charge in [0.1, 0.15) is 38.8 Å². The van der Waals surface area contributed by atoms with Crippen LogP contribution in [0, 0.1) is 0 Å². The minimum absolute atomic E-state index is 0.0379. The molecule has 7 N–H and O–H groups in total. The van der Waals surface area contributed by atoms with Crippen molar-refractivity contribution in [2.24, 2.45) is 5.16 Å². The predicted molar refractivity (Wildman–Crippen MR) is 127 cm³/mol. The van der Waals surface area contributed by atoms with Gasteiger partial charge in [-0.2, -0.15) is 0 Å². The van der Waals surface area contributed by atoms with Crippen molar-refractivity contribution >= 4 is 80.9 Å². The number of carbonyl (C=O) groups is 3. The minimum atomic E-state index is -1.28. The molecule has 0 aliphatic carbocycles. The van der Waals surface area contributed by atoms with Crippen molar-refractivity contribution in [2.75, 3.05) is 17.2 Å². The third-order valence-corrected chi connectivity index (χ3v) is 8.30. The molecule has 178 valence electrons. The van der Waals surface area contributed by atoms with E-state index in [4.69, 9.17) is 23.1 Å². The summed E-state index contributed by atoms with van der Waals surface area (Å²) < 4.78 is 0.0379. The van der Waals surface area contributed by atoms with Gasteiger partial charge in [-0.15, -0.1) is 23.5 Å². The number of aliphatic carboxylic acids is 1. The number of hydrogen-bond acceptors (Lipinski definition) is 13. The van der Waals surface area contributed by atoms with E-state index >= 15 is 0 Å². The number of thiazole rings is 1. The molecule has 1 unspecified atom stereocenters. The number of carbonyl (C=O) groups excluding carboxylic acids is 2. The quantitative estimate of drug-likeness (QED) is 0.140. The highest BCUT2D eigenvalue weighted by Crippen LogP contribution is 2.44. The molecule has 1 saturated heterocycles. The maximum atomic E-state index is 12.8. The Kier molecular flexibility index (Phi) is 6.83. The van der Waals surface area contributed by atoms with Gasteiger partial charge in [0, 0.05) is 16.9 Å². The maximum Gasteiger partial charge on any atom is 0.353 e. The van der Waals surface area contributed by atoms with Crippen LogP contribution in [0.25, 0.3) is 0 Å². The highest BCUT2D eigenvalue weighted by molar-refractivity contribution is 8.05. The predicted octanol–water partition coefficient (Wildman–Crippen LogP) is 0.559. The molecule has 2 aromatic heterocycles. The monoisotopic (exact) mass is 542 g/mol. The average Bonchev–Trinajstić information content (AvgIpc) is 3.13. The van der Waals surface area contributed by atoms with E-state index in [0.29, 0.717) is 16.5 Å². The minimum Gasteiger partial charge on any atom is -0.477 e. The van der Waals surface area contributed by atoms with Gasteiger partial charge in [0.05, 0.1) is 5.75 Å². The van der Waals surface area contributed by atoms with Crippen molar-refractivity contribution in [1.82, 2.24) is 25.2 Å².